The molecule has 1 saturated heterocycles. The molecular formula is C17H22N4OS. The molecule has 1 atom stereocenters. The molecule has 0 bridgehead atoms. The maximum atomic E-state index is 12.2. The molecule has 1 aliphatic rings. The van der Waals surface area contributed by atoms with Gasteiger partial charge in [0.1, 0.15) is 0 Å². The van der Waals surface area contributed by atoms with Gasteiger partial charge in [0, 0.05) is 44.0 Å². The molecule has 2 aromatic rings. The maximum absolute atomic E-state index is 12.2. The number of aromatic nitrogens is 1. The third-order valence-corrected chi connectivity index (χ3v) is 4.77. The Kier molecular flexibility index (Phi) is 5.25. The zero-order valence-electron chi connectivity index (χ0n) is 13.3. The van der Waals surface area contributed by atoms with Crippen LogP contribution >= 0.6 is 11.3 Å². The molecule has 1 N–H and O–H groups in total. The van der Waals surface area contributed by atoms with E-state index in [4.69, 9.17) is 0 Å². The second kappa shape index (κ2) is 7.57. The second-order valence-corrected chi connectivity index (χ2v) is 6.88. The number of hydrogen-bond donors (Lipinski definition) is 1. The van der Waals surface area contributed by atoms with Gasteiger partial charge in [0.2, 0.25) is 0 Å². The monoisotopic (exact) mass is 330 g/mol. The van der Waals surface area contributed by atoms with Gasteiger partial charge < -0.3 is 15.1 Å². The van der Waals surface area contributed by atoms with Crippen LogP contribution in [-0.2, 0) is 6.54 Å². The predicted molar refractivity (Wildman–Crippen MR) is 93.6 cm³/mol. The average Bonchev–Trinajstić information content (AvgIpc) is 3.20. The topological polar surface area (TPSA) is 48.5 Å². The van der Waals surface area contributed by atoms with Gasteiger partial charge in [0.15, 0.2) is 0 Å². The molecule has 1 fully saturated rings. The highest BCUT2D eigenvalue weighted by molar-refractivity contribution is 7.08. The molecule has 1 aliphatic heterocycles. The van der Waals surface area contributed by atoms with Gasteiger partial charge in [0.25, 0.3) is 0 Å². The third kappa shape index (κ3) is 4.53. The first-order valence-corrected chi connectivity index (χ1v) is 8.80. The highest BCUT2D eigenvalue weighted by atomic mass is 32.1. The van der Waals surface area contributed by atoms with E-state index in [2.05, 4.69) is 28.3 Å². The first-order chi connectivity index (χ1) is 11.2. The van der Waals surface area contributed by atoms with Crippen LogP contribution in [0.2, 0.25) is 0 Å². The Bertz CT molecular complexity index is 617. The number of anilines is 1. The summed E-state index contributed by atoms with van der Waals surface area (Å²) >= 11 is 1.59. The highest BCUT2D eigenvalue weighted by Gasteiger charge is 2.27. The minimum atomic E-state index is 0.0146. The van der Waals surface area contributed by atoms with Crippen LogP contribution in [0.5, 0.6) is 0 Å². The maximum Gasteiger partial charge on any atom is 0.321 e. The zero-order valence-corrected chi connectivity index (χ0v) is 14.1. The summed E-state index contributed by atoms with van der Waals surface area (Å²) in [6, 6.07) is 6.01. The predicted octanol–water partition coefficient (Wildman–Crippen LogP) is 3.13. The molecule has 6 heteroatoms. The second-order valence-electron chi connectivity index (χ2n) is 6.10. The molecule has 0 aliphatic carbocycles. The highest BCUT2D eigenvalue weighted by Crippen LogP contribution is 2.20. The van der Waals surface area contributed by atoms with Crippen molar-refractivity contribution in [3.8, 4) is 0 Å². The van der Waals surface area contributed by atoms with Gasteiger partial charge >= 0.3 is 6.03 Å². The van der Waals surface area contributed by atoms with E-state index >= 15 is 0 Å². The van der Waals surface area contributed by atoms with Gasteiger partial charge in [-0.1, -0.05) is 6.07 Å². The Morgan fingerprint density at radius 3 is 3.17 bits per heavy atom. The van der Waals surface area contributed by atoms with E-state index in [-0.39, 0.29) is 6.03 Å². The number of rotatable bonds is 5. The summed E-state index contributed by atoms with van der Waals surface area (Å²) in [6.07, 6.45) is 4.77. The minimum Gasteiger partial charge on any atom is -0.324 e. The van der Waals surface area contributed by atoms with Crippen LogP contribution in [-0.4, -0.2) is 47.5 Å². The van der Waals surface area contributed by atoms with E-state index in [0.717, 1.165) is 38.3 Å². The minimum absolute atomic E-state index is 0.0146. The van der Waals surface area contributed by atoms with E-state index in [1.165, 1.54) is 5.56 Å². The van der Waals surface area contributed by atoms with Gasteiger partial charge in [-0.05, 0) is 42.5 Å². The first-order valence-electron chi connectivity index (χ1n) is 7.86. The molecule has 3 heterocycles. The van der Waals surface area contributed by atoms with E-state index in [1.807, 2.05) is 34.0 Å². The molecule has 3 rings (SSSR count). The Morgan fingerprint density at radius 1 is 1.52 bits per heavy atom. The van der Waals surface area contributed by atoms with E-state index < -0.39 is 0 Å². The van der Waals surface area contributed by atoms with Gasteiger partial charge in [-0.15, -0.1) is 0 Å². The Morgan fingerprint density at radius 2 is 2.43 bits per heavy atom. The van der Waals surface area contributed by atoms with Crippen LogP contribution < -0.4 is 5.32 Å². The standard InChI is InChI=1S/C17H22N4OS/c1-20(10-14-3-2-6-18-9-14)11-15-4-7-21(12-15)17(22)19-16-5-8-23-13-16/h2-3,5-6,8-9,13,15H,4,7,10-12H2,1H3,(H,19,22)/t15-/m1/s1. The summed E-state index contributed by atoms with van der Waals surface area (Å²) in [7, 11) is 2.13. The number of pyridine rings is 1. The molecule has 122 valence electrons. The molecule has 0 radical (unpaired) electrons. The quantitative estimate of drug-likeness (QED) is 0.916. The van der Waals surface area contributed by atoms with Crippen LogP contribution in [0.3, 0.4) is 0 Å². The van der Waals surface area contributed by atoms with E-state index in [0.29, 0.717) is 5.92 Å². The molecule has 0 saturated carbocycles. The summed E-state index contributed by atoms with van der Waals surface area (Å²) in [5, 5.41) is 6.87. The van der Waals surface area contributed by atoms with Crippen molar-refractivity contribution in [3.63, 3.8) is 0 Å². The smallest absolute Gasteiger partial charge is 0.321 e. The van der Waals surface area contributed by atoms with E-state index in [1.54, 1.807) is 17.5 Å². The van der Waals surface area contributed by atoms with Crippen LogP contribution in [0.1, 0.15) is 12.0 Å². The lowest BCUT2D eigenvalue weighted by molar-refractivity contribution is 0.216. The average molecular weight is 330 g/mol. The Balaban J connectivity index is 1.45. The fourth-order valence-corrected chi connectivity index (χ4v) is 3.60. The van der Waals surface area contributed by atoms with Gasteiger partial charge in [-0.25, -0.2) is 4.79 Å². The van der Waals surface area contributed by atoms with Gasteiger partial charge in [0.05, 0.1) is 5.69 Å². The summed E-state index contributed by atoms with van der Waals surface area (Å²) < 4.78 is 0. The van der Waals surface area contributed by atoms with Crippen molar-refractivity contribution in [1.29, 1.82) is 0 Å². The fourth-order valence-electron chi connectivity index (χ4n) is 3.01. The number of amides is 2. The van der Waals surface area contributed by atoms with Gasteiger partial charge in [-0.3, -0.25) is 4.98 Å². The number of nitrogens with one attached hydrogen (secondary N) is 1. The lowest BCUT2D eigenvalue weighted by atomic mass is 10.1. The van der Waals surface area contributed by atoms with Crippen molar-refractivity contribution < 1.29 is 4.79 Å². The van der Waals surface area contributed by atoms with Crippen LogP contribution in [0.15, 0.2) is 41.4 Å². The normalized spacial score (nSPS) is 17.7. The number of carbonyl (C=O) groups is 1. The molecule has 0 spiro atoms. The number of hydrogen-bond acceptors (Lipinski definition) is 4. The van der Waals surface area contributed by atoms with Crippen molar-refractivity contribution in [2.75, 3.05) is 32.0 Å². The van der Waals surface area contributed by atoms with Crippen molar-refractivity contribution >= 4 is 23.1 Å². The largest absolute Gasteiger partial charge is 0.324 e. The van der Waals surface area contributed by atoms with Crippen molar-refractivity contribution in [2.45, 2.75) is 13.0 Å². The van der Waals surface area contributed by atoms with Crippen LogP contribution in [0.25, 0.3) is 0 Å². The number of likely N-dealkylation sites (tertiary alicyclic amines) is 1. The third-order valence-electron chi connectivity index (χ3n) is 4.09. The molecule has 2 amide bonds. The Labute approximate surface area is 140 Å². The summed E-state index contributed by atoms with van der Waals surface area (Å²) in [5.74, 6) is 0.532. The summed E-state index contributed by atoms with van der Waals surface area (Å²) in [6.45, 7) is 3.55. The fraction of sp³-hybridized carbons (Fsp3) is 0.412. The molecule has 23 heavy (non-hydrogen) atoms. The Hall–Kier alpha value is -1.92. The number of carbonyl (C=O) groups excluding carboxylic acids is 1. The lowest BCUT2D eigenvalue weighted by Crippen LogP contribution is -2.34. The van der Waals surface area contributed by atoms with Crippen LogP contribution in [0.4, 0.5) is 10.5 Å². The number of urea groups is 1. The molecular weight excluding hydrogens is 308 g/mol. The molecule has 5 nitrogen and oxygen atoms in total. The van der Waals surface area contributed by atoms with Crippen molar-refractivity contribution in [1.82, 2.24) is 14.8 Å². The van der Waals surface area contributed by atoms with Gasteiger partial charge in [-0.2, -0.15) is 11.3 Å². The SMILES string of the molecule is CN(Cc1cccnc1)C[C@H]1CCN(C(=O)Nc2ccsc2)C1. The first kappa shape index (κ1) is 16.0. The van der Waals surface area contributed by atoms with Crippen molar-refractivity contribution in [2.24, 2.45) is 5.92 Å². The summed E-state index contributed by atoms with van der Waals surface area (Å²) in [5.41, 5.74) is 2.11. The zero-order chi connectivity index (χ0) is 16.1. The van der Waals surface area contributed by atoms with Crippen LogP contribution in [0, 0.1) is 5.92 Å². The number of thiophene rings is 1. The van der Waals surface area contributed by atoms with E-state index in [9.17, 15) is 4.79 Å². The summed E-state index contributed by atoms with van der Waals surface area (Å²) in [4.78, 5) is 20.6. The molecule has 0 unspecified atom stereocenters. The molecule has 0 aromatic carbocycles. The molecule has 2 aromatic heterocycles. The van der Waals surface area contributed by atoms with Crippen molar-refractivity contribution in [3.05, 3.63) is 46.9 Å². The number of nitrogens with zero attached hydrogens (tertiary/aromatic N) is 3. The lowest BCUT2D eigenvalue weighted by Gasteiger charge is -2.21.